The summed E-state index contributed by atoms with van der Waals surface area (Å²) in [6, 6.07) is 63.6. The number of hydrogen-bond donors (Lipinski definition) is 0. The van der Waals surface area contributed by atoms with Crippen LogP contribution in [0.15, 0.2) is 186 Å². The van der Waals surface area contributed by atoms with Gasteiger partial charge < -0.3 is 4.42 Å². The molecule has 0 aliphatic heterocycles. The van der Waals surface area contributed by atoms with Crippen LogP contribution in [0.4, 0.5) is 0 Å². The van der Waals surface area contributed by atoms with E-state index < -0.39 is 0 Å². The third-order valence-electron chi connectivity index (χ3n) is 11.1. The Hall–Kier alpha value is -7.41. The van der Waals surface area contributed by atoms with E-state index in [9.17, 15) is 0 Å². The first kappa shape index (κ1) is 31.9. The lowest BCUT2D eigenvalue weighted by Gasteiger charge is -2.11. The summed E-state index contributed by atoms with van der Waals surface area (Å²) in [4.78, 5) is 15.6. The normalized spacial score (nSPS) is 11.9. The van der Waals surface area contributed by atoms with Crippen molar-refractivity contribution in [2.75, 3.05) is 0 Å². The maximum absolute atomic E-state index is 6.49. The zero-order valence-electron chi connectivity index (χ0n) is 30.4. The molecule has 0 amide bonds. The molecule has 0 atom stereocenters. The number of nitrogens with zero attached hydrogens (tertiary/aromatic N) is 4. The minimum Gasteiger partial charge on any atom is -0.456 e. The van der Waals surface area contributed by atoms with Gasteiger partial charge in [-0.2, -0.15) is 9.97 Å². The van der Waals surface area contributed by atoms with E-state index in [1.165, 1.54) is 36.5 Å². The summed E-state index contributed by atoms with van der Waals surface area (Å²) in [5, 5.41) is 7.14. The second-order valence-electron chi connectivity index (χ2n) is 14.4. The van der Waals surface area contributed by atoms with Crippen molar-refractivity contribution >= 4 is 75.3 Å². The van der Waals surface area contributed by atoms with Crippen LogP contribution in [-0.4, -0.2) is 19.5 Å². The van der Waals surface area contributed by atoms with Gasteiger partial charge in [0, 0.05) is 52.8 Å². The molecule has 0 spiro atoms. The van der Waals surface area contributed by atoms with Crippen LogP contribution >= 0.6 is 11.3 Å². The quantitative estimate of drug-likeness (QED) is 0.176. The molecule has 266 valence electrons. The highest BCUT2D eigenvalue weighted by Gasteiger charge is 2.21. The predicted octanol–water partition coefficient (Wildman–Crippen LogP) is 13.9. The molecular formula is C51H30N4OS. The van der Waals surface area contributed by atoms with Crippen LogP contribution in [0, 0.1) is 0 Å². The molecule has 6 heteroatoms. The van der Waals surface area contributed by atoms with E-state index in [4.69, 9.17) is 19.4 Å². The molecule has 0 bridgehead atoms. The van der Waals surface area contributed by atoms with Gasteiger partial charge in [-0.25, -0.2) is 4.98 Å². The maximum Gasteiger partial charge on any atom is 0.238 e. The summed E-state index contributed by atoms with van der Waals surface area (Å²) in [5.41, 5.74) is 10.1. The Morgan fingerprint density at radius 3 is 1.93 bits per heavy atom. The molecule has 4 heterocycles. The lowest BCUT2D eigenvalue weighted by molar-refractivity contribution is 0.669. The maximum atomic E-state index is 6.49. The van der Waals surface area contributed by atoms with Gasteiger partial charge in [-0.15, -0.1) is 11.3 Å². The van der Waals surface area contributed by atoms with E-state index in [0.717, 1.165) is 60.8 Å². The highest BCUT2D eigenvalue weighted by molar-refractivity contribution is 7.26. The van der Waals surface area contributed by atoms with E-state index in [0.29, 0.717) is 17.6 Å². The third-order valence-corrected chi connectivity index (χ3v) is 12.2. The van der Waals surface area contributed by atoms with Crippen LogP contribution in [0.1, 0.15) is 0 Å². The molecule has 0 saturated carbocycles. The van der Waals surface area contributed by atoms with Gasteiger partial charge in [0.25, 0.3) is 0 Å². The van der Waals surface area contributed by atoms with E-state index in [-0.39, 0.29) is 0 Å². The van der Waals surface area contributed by atoms with Crippen molar-refractivity contribution in [2.45, 2.75) is 0 Å². The summed E-state index contributed by atoms with van der Waals surface area (Å²) in [5.74, 6) is 1.80. The first-order chi connectivity index (χ1) is 28.2. The van der Waals surface area contributed by atoms with Gasteiger partial charge in [0.2, 0.25) is 5.95 Å². The highest BCUT2D eigenvalue weighted by Crippen LogP contribution is 2.43. The van der Waals surface area contributed by atoms with Crippen LogP contribution in [-0.2, 0) is 0 Å². The SMILES string of the molecule is c1ccc(-c2nc(-c3cccc(-c4ccc5c(c4)oc4cccc(-c6ccccc6)c45)c3)nc(-n3c4ccccc4c4c5c(ccc43)sc3ccccc35)n2)cc1. The van der Waals surface area contributed by atoms with Crippen molar-refractivity contribution in [3.05, 3.63) is 182 Å². The summed E-state index contributed by atoms with van der Waals surface area (Å²) >= 11 is 1.83. The van der Waals surface area contributed by atoms with Gasteiger partial charge in [0.15, 0.2) is 11.6 Å². The van der Waals surface area contributed by atoms with Crippen LogP contribution < -0.4 is 0 Å². The lowest BCUT2D eigenvalue weighted by Crippen LogP contribution is -2.06. The van der Waals surface area contributed by atoms with Crippen molar-refractivity contribution in [3.63, 3.8) is 0 Å². The Bertz CT molecular complexity index is 3530. The number of thiophene rings is 1. The monoisotopic (exact) mass is 746 g/mol. The zero-order valence-corrected chi connectivity index (χ0v) is 31.2. The number of aromatic nitrogens is 4. The van der Waals surface area contributed by atoms with Gasteiger partial charge in [-0.3, -0.25) is 4.57 Å². The molecule has 12 rings (SSSR count). The second-order valence-corrected chi connectivity index (χ2v) is 15.5. The van der Waals surface area contributed by atoms with E-state index >= 15 is 0 Å². The topological polar surface area (TPSA) is 56.7 Å². The number of benzene rings is 8. The fourth-order valence-electron chi connectivity index (χ4n) is 8.50. The number of para-hydroxylation sites is 1. The van der Waals surface area contributed by atoms with E-state index in [1.807, 2.05) is 41.7 Å². The van der Waals surface area contributed by atoms with Gasteiger partial charge in [0.05, 0.1) is 11.0 Å². The second kappa shape index (κ2) is 12.6. The first-order valence-corrected chi connectivity index (χ1v) is 19.8. The smallest absolute Gasteiger partial charge is 0.238 e. The minimum absolute atomic E-state index is 0.576. The van der Waals surface area contributed by atoms with E-state index in [1.54, 1.807) is 0 Å². The summed E-state index contributed by atoms with van der Waals surface area (Å²) in [6.07, 6.45) is 0. The lowest BCUT2D eigenvalue weighted by atomic mass is 9.97. The average molecular weight is 747 g/mol. The van der Waals surface area contributed by atoms with Crippen molar-refractivity contribution in [1.29, 1.82) is 0 Å². The molecule has 0 unspecified atom stereocenters. The van der Waals surface area contributed by atoms with Crippen LogP contribution in [0.5, 0.6) is 0 Å². The third kappa shape index (κ3) is 5.04. The molecular weight excluding hydrogens is 717 g/mol. The Morgan fingerprint density at radius 2 is 1.07 bits per heavy atom. The fraction of sp³-hybridized carbons (Fsp3) is 0. The van der Waals surface area contributed by atoms with Crippen LogP contribution in [0.3, 0.4) is 0 Å². The van der Waals surface area contributed by atoms with Gasteiger partial charge >= 0.3 is 0 Å². The predicted molar refractivity (Wildman–Crippen MR) is 236 cm³/mol. The molecule has 5 nitrogen and oxygen atoms in total. The molecule has 0 aliphatic carbocycles. The summed E-state index contributed by atoms with van der Waals surface area (Å²) < 4.78 is 11.2. The van der Waals surface area contributed by atoms with Crippen LogP contribution in [0.2, 0.25) is 0 Å². The molecule has 12 aromatic rings. The van der Waals surface area contributed by atoms with Gasteiger partial charge in [0.1, 0.15) is 11.2 Å². The molecule has 0 fully saturated rings. The standard InChI is InChI=1S/C51H30N4OS/c1-3-13-31(14-4-1)36-21-12-23-42-46(36)38-26-25-34(30-43(38)56-42)33-17-11-18-35(29-33)50-52-49(32-15-5-2-6-16-32)53-51(54-50)55-40-22-9-7-19-37(40)47-41(55)27-28-45-48(47)39-20-8-10-24-44(39)57-45/h1-30H. The number of fused-ring (bicyclic) bond motifs is 10. The van der Waals surface area contributed by atoms with Crippen molar-refractivity contribution in [1.82, 2.24) is 19.5 Å². The first-order valence-electron chi connectivity index (χ1n) is 19.0. The summed E-state index contributed by atoms with van der Waals surface area (Å²) in [6.45, 7) is 0. The summed E-state index contributed by atoms with van der Waals surface area (Å²) in [7, 11) is 0. The zero-order chi connectivity index (χ0) is 37.5. The number of hydrogen-bond acceptors (Lipinski definition) is 5. The van der Waals surface area contributed by atoms with Gasteiger partial charge in [-0.05, 0) is 70.8 Å². The van der Waals surface area contributed by atoms with Crippen molar-refractivity contribution in [3.8, 4) is 51.0 Å². The van der Waals surface area contributed by atoms with E-state index in [2.05, 4.69) is 156 Å². The van der Waals surface area contributed by atoms with Crippen molar-refractivity contribution < 1.29 is 4.42 Å². The van der Waals surface area contributed by atoms with Gasteiger partial charge in [-0.1, -0.05) is 133 Å². The molecule has 0 N–H and O–H groups in total. The van der Waals surface area contributed by atoms with Crippen LogP contribution in [0.25, 0.3) is 115 Å². The Morgan fingerprint density at radius 1 is 0.386 bits per heavy atom. The Kier molecular flexibility index (Phi) is 7.03. The largest absolute Gasteiger partial charge is 0.456 e. The fourth-order valence-corrected chi connectivity index (χ4v) is 9.62. The molecule has 0 saturated heterocycles. The number of furan rings is 1. The molecule has 4 aromatic heterocycles. The van der Waals surface area contributed by atoms with Crippen molar-refractivity contribution in [2.24, 2.45) is 0 Å². The molecule has 0 aliphatic rings. The Labute approximate surface area is 330 Å². The molecule has 8 aromatic carbocycles. The molecule has 57 heavy (non-hydrogen) atoms. The molecule has 0 radical (unpaired) electrons. The highest BCUT2D eigenvalue weighted by atomic mass is 32.1. The average Bonchev–Trinajstić information content (AvgIpc) is 3.96. The Balaban J connectivity index is 1.04. The minimum atomic E-state index is 0.576. The number of rotatable bonds is 5.